The van der Waals surface area contributed by atoms with Gasteiger partial charge in [0.2, 0.25) is 0 Å². The first-order chi connectivity index (χ1) is 19.1. The second-order valence-electron chi connectivity index (χ2n) is 10.3. The molecule has 1 aromatic heterocycles. The number of fused-ring (bicyclic) bond motifs is 2. The van der Waals surface area contributed by atoms with Gasteiger partial charge in [-0.1, -0.05) is 41.4 Å². The number of halogens is 1. The summed E-state index contributed by atoms with van der Waals surface area (Å²) in [5.41, 5.74) is 9.08. The Morgan fingerprint density at radius 3 is 2.59 bits per heavy atom. The SMILES string of the molecule is CCOC(=O)CCc1ccc(OCCCN2CCC(=C3c4ccc(Cl)cc4CCc4cccnc43)CC2)cc1. The third-order valence-electron chi connectivity index (χ3n) is 7.68. The molecule has 6 heteroatoms. The summed E-state index contributed by atoms with van der Waals surface area (Å²) in [5, 5.41) is 0.805. The highest BCUT2D eigenvalue weighted by Crippen LogP contribution is 2.38. The van der Waals surface area contributed by atoms with Gasteiger partial charge in [-0.15, -0.1) is 0 Å². The van der Waals surface area contributed by atoms with Gasteiger partial charge in [0, 0.05) is 42.8 Å². The van der Waals surface area contributed by atoms with Crippen molar-refractivity contribution in [3.63, 3.8) is 0 Å². The van der Waals surface area contributed by atoms with Crippen molar-refractivity contribution in [1.82, 2.24) is 9.88 Å². The zero-order valence-electron chi connectivity index (χ0n) is 22.8. The number of ether oxygens (including phenoxy) is 2. The molecular weight excluding hydrogens is 508 g/mol. The van der Waals surface area contributed by atoms with Crippen LogP contribution in [-0.4, -0.2) is 48.7 Å². The maximum absolute atomic E-state index is 11.5. The first kappa shape index (κ1) is 27.4. The number of nitrogens with zero attached hydrogens (tertiary/aromatic N) is 2. The number of carbonyl (C=O) groups is 1. The molecule has 0 spiro atoms. The summed E-state index contributed by atoms with van der Waals surface area (Å²) in [6.07, 6.45) is 8.11. The van der Waals surface area contributed by atoms with Gasteiger partial charge in [-0.2, -0.15) is 0 Å². The van der Waals surface area contributed by atoms with E-state index in [1.807, 2.05) is 43.5 Å². The second kappa shape index (κ2) is 13.3. The van der Waals surface area contributed by atoms with Crippen molar-refractivity contribution in [1.29, 1.82) is 0 Å². The molecule has 1 aliphatic carbocycles. The molecule has 3 aromatic rings. The number of esters is 1. The molecule has 0 amide bonds. The monoisotopic (exact) mass is 544 g/mol. The van der Waals surface area contributed by atoms with Crippen LogP contribution in [0.2, 0.25) is 5.02 Å². The van der Waals surface area contributed by atoms with Gasteiger partial charge < -0.3 is 14.4 Å². The van der Waals surface area contributed by atoms with E-state index in [1.54, 1.807) is 0 Å². The lowest BCUT2D eigenvalue weighted by Crippen LogP contribution is -2.32. The van der Waals surface area contributed by atoms with Crippen LogP contribution < -0.4 is 4.74 Å². The van der Waals surface area contributed by atoms with Crippen molar-refractivity contribution < 1.29 is 14.3 Å². The number of likely N-dealkylation sites (tertiary alicyclic amines) is 1. The number of hydrogen-bond acceptors (Lipinski definition) is 5. The van der Waals surface area contributed by atoms with E-state index in [9.17, 15) is 4.79 Å². The lowest BCUT2D eigenvalue weighted by Gasteiger charge is -2.30. The molecule has 2 heterocycles. The molecule has 5 rings (SSSR count). The Labute approximate surface area is 236 Å². The number of benzene rings is 2. The van der Waals surface area contributed by atoms with Crippen LogP contribution in [-0.2, 0) is 28.8 Å². The summed E-state index contributed by atoms with van der Waals surface area (Å²) in [7, 11) is 0. The Hall–Kier alpha value is -3.15. The fraction of sp³-hybridized carbons (Fsp3) is 0.394. The van der Waals surface area contributed by atoms with Gasteiger partial charge in [0.15, 0.2) is 0 Å². The number of hydrogen-bond donors (Lipinski definition) is 0. The van der Waals surface area contributed by atoms with Crippen molar-refractivity contribution in [2.24, 2.45) is 0 Å². The Morgan fingerprint density at radius 2 is 1.79 bits per heavy atom. The standard InChI is InChI=1S/C33H37ClN2O3/c1-2-38-31(37)15-8-24-6-12-29(13-7-24)39-22-4-19-36-20-16-25(17-21-36)32-30-14-11-28(34)23-27(30)10-9-26-5-3-18-35-33(26)32/h3,5-7,11-14,18,23H,2,4,8-10,15-17,19-22H2,1H3. The first-order valence-electron chi connectivity index (χ1n) is 14.2. The van der Waals surface area contributed by atoms with Crippen LogP contribution in [0.3, 0.4) is 0 Å². The molecule has 0 atom stereocenters. The predicted octanol–water partition coefficient (Wildman–Crippen LogP) is 6.70. The van der Waals surface area contributed by atoms with E-state index in [4.69, 9.17) is 26.1 Å². The molecule has 0 unspecified atom stereocenters. The molecule has 0 bridgehead atoms. The average Bonchev–Trinajstić information content (AvgIpc) is 3.12. The minimum atomic E-state index is -0.149. The highest BCUT2D eigenvalue weighted by atomic mass is 35.5. The Bertz CT molecular complexity index is 1310. The number of pyridine rings is 1. The van der Waals surface area contributed by atoms with Gasteiger partial charge in [0.25, 0.3) is 0 Å². The zero-order valence-corrected chi connectivity index (χ0v) is 23.5. The van der Waals surface area contributed by atoms with Crippen LogP contribution in [0.15, 0.2) is 66.4 Å². The number of aryl methyl sites for hydroxylation is 3. The molecule has 1 fully saturated rings. The quantitative estimate of drug-likeness (QED) is 0.222. The zero-order chi connectivity index (χ0) is 27.0. The summed E-state index contributed by atoms with van der Waals surface area (Å²) in [6.45, 7) is 6.09. The van der Waals surface area contributed by atoms with Crippen LogP contribution in [0.4, 0.5) is 0 Å². The van der Waals surface area contributed by atoms with Crippen molar-refractivity contribution in [3.05, 3.63) is 99.3 Å². The minimum absolute atomic E-state index is 0.149. The van der Waals surface area contributed by atoms with Gasteiger partial charge in [-0.3, -0.25) is 9.78 Å². The van der Waals surface area contributed by atoms with E-state index in [-0.39, 0.29) is 5.97 Å². The molecule has 5 nitrogen and oxygen atoms in total. The summed E-state index contributed by atoms with van der Waals surface area (Å²) in [5.74, 6) is 0.725. The van der Waals surface area contributed by atoms with Crippen molar-refractivity contribution in [2.45, 2.75) is 51.9 Å². The molecule has 0 N–H and O–H groups in total. The molecule has 204 valence electrons. The predicted molar refractivity (Wildman–Crippen MR) is 156 cm³/mol. The van der Waals surface area contributed by atoms with E-state index in [2.05, 4.69) is 29.2 Å². The summed E-state index contributed by atoms with van der Waals surface area (Å²) in [4.78, 5) is 19.0. The van der Waals surface area contributed by atoms with Gasteiger partial charge in [0.05, 0.1) is 18.9 Å². The molecule has 0 saturated carbocycles. The smallest absolute Gasteiger partial charge is 0.306 e. The number of piperidine rings is 1. The number of aromatic nitrogens is 1. The first-order valence-corrected chi connectivity index (χ1v) is 14.5. The lowest BCUT2D eigenvalue weighted by molar-refractivity contribution is -0.143. The van der Waals surface area contributed by atoms with Crippen molar-refractivity contribution in [2.75, 3.05) is 32.8 Å². The largest absolute Gasteiger partial charge is 0.494 e. The van der Waals surface area contributed by atoms with Crippen molar-refractivity contribution >= 4 is 23.1 Å². The molecule has 1 aliphatic heterocycles. The summed E-state index contributed by atoms with van der Waals surface area (Å²) in [6, 6.07) is 18.7. The van der Waals surface area contributed by atoms with Crippen LogP contribution in [0.1, 0.15) is 60.6 Å². The Balaban J connectivity index is 1.14. The lowest BCUT2D eigenvalue weighted by atomic mass is 9.88. The highest BCUT2D eigenvalue weighted by Gasteiger charge is 2.25. The summed E-state index contributed by atoms with van der Waals surface area (Å²) >= 11 is 6.37. The van der Waals surface area contributed by atoms with E-state index < -0.39 is 0 Å². The van der Waals surface area contributed by atoms with Crippen LogP contribution in [0.5, 0.6) is 5.75 Å². The third kappa shape index (κ3) is 7.09. The molecular formula is C33H37ClN2O3. The van der Waals surface area contributed by atoms with Crippen LogP contribution >= 0.6 is 11.6 Å². The molecule has 2 aromatic carbocycles. The van der Waals surface area contributed by atoms with Gasteiger partial charge in [0.1, 0.15) is 5.75 Å². The minimum Gasteiger partial charge on any atom is -0.494 e. The number of carbonyl (C=O) groups excluding carboxylic acids is 1. The molecule has 2 aliphatic rings. The highest BCUT2D eigenvalue weighted by molar-refractivity contribution is 6.30. The van der Waals surface area contributed by atoms with Gasteiger partial charge >= 0.3 is 5.97 Å². The van der Waals surface area contributed by atoms with Crippen LogP contribution in [0.25, 0.3) is 5.57 Å². The van der Waals surface area contributed by atoms with Crippen molar-refractivity contribution in [3.8, 4) is 5.75 Å². The fourth-order valence-electron chi connectivity index (χ4n) is 5.64. The van der Waals surface area contributed by atoms with E-state index in [0.717, 1.165) is 73.8 Å². The fourth-order valence-corrected chi connectivity index (χ4v) is 5.83. The van der Waals surface area contributed by atoms with E-state index >= 15 is 0 Å². The van der Waals surface area contributed by atoms with Gasteiger partial charge in [-0.05, 0) is 98.0 Å². The molecule has 39 heavy (non-hydrogen) atoms. The van der Waals surface area contributed by atoms with E-state index in [1.165, 1.54) is 27.8 Å². The topological polar surface area (TPSA) is 51.7 Å². The van der Waals surface area contributed by atoms with Crippen LogP contribution in [0, 0.1) is 0 Å². The normalized spacial score (nSPS) is 15.3. The maximum atomic E-state index is 11.5. The average molecular weight is 545 g/mol. The Morgan fingerprint density at radius 1 is 1.00 bits per heavy atom. The number of rotatable bonds is 9. The third-order valence-corrected chi connectivity index (χ3v) is 7.91. The van der Waals surface area contributed by atoms with E-state index in [0.29, 0.717) is 26.1 Å². The summed E-state index contributed by atoms with van der Waals surface area (Å²) < 4.78 is 11.0. The van der Waals surface area contributed by atoms with Gasteiger partial charge in [-0.25, -0.2) is 0 Å². The second-order valence-corrected chi connectivity index (χ2v) is 10.7. The Kier molecular flexibility index (Phi) is 9.33. The maximum Gasteiger partial charge on any atom is 0.306 e. The molecule has 0 radical (unpaired) electrons. The molecule has 1 saturated heterocycles.